The molecule has 9 heteroatoms. The van der Waals surface area contributed by atoms with Crippen LogP contribution in [0, 0.1) is 13.8 Å². The van der Waals surface area contributed by atoms with E-state index in [9.17, 15) is 4.79 Å². The second-order valence-electron chi connectivity index (χ2n) is 6.15. The van der Waals surface area contributed by atoms with E-state index in [4.69, 9.17) is 14.2 Å². The summed E-state index contributed by atoms with van der Waals surface area (Å²) in [5.74, 6) is 1.76. The van der Waals surface area contributed by atoms with Crippen LogP contribution in [-0.2, 0) is 0 Å². The third-order valence-corrected chi connectivity index (χ3v) is 5.15. The molecule has 0 radical (unpaired) electrons. The van der Waals surface area contributed by atoms with E-state index in [1.165, 1.54) is 32.7 Å². The fraction of sp³-hybridized carbons (Fsp3) is 0.250. The van der Waals surface area contributed by atoms with E-state index in [1.54, 1.807) is 25.3 Å². The van der Waals surface area contributed by atoms with Gasteiger partial charge in [-0.1, -0.05) is 11.3 Å². The van der Waals surface area contributed by atoms with Crippen LogP contribution in [-0.4, -0.2) is 37.2 Å². The molecule has 29 heavy (non-hydrogen) atoms. The Bertz CT molecular complexity index is 1010. The van der Waals surface area contributed by atoms with E-state index >= 15 is 0 Å². The molecule has 0 saturated carbocycles. The Labute approximate surface area is 172 Å². The van der Waals surface area contributed by atoms with Crippen molar-refractivity contribution in [2.24, 2.45) is 0 Å². The van der Waals surface area contributed by atoms with Crippen LogP contribution in [0.15, 0.2) is 30.5 Å². The summed E-state index contributed by atoms with van der Waals surface area (Å²) in [6.45, 7) is 3.77. The number of carbonyl (C=O) groups is 1. The molecule has 1 amide bonds. The largest absolute Gasteiger partial charge is 0.493 e. The Morgan fingerprint density at radius 1 is 1.03 bits per heavy atom. The quantitative estimate of drug-likeness (QED) is 0.599. The van der Waals surface area contributed by atoms with E-state index in [-0.39, 0.29) is 5.91 Å². The maximum Gasteiger partial charge on any atom is 0.267 e. The molecule has 152 valence electrons. The third-order valence-electron chi connectivity index (χ3n) is 4.08. The molecule has 1 aromatic carbocycles. The van der Waals surface area contributed by atoms with Gasteiger partial charge in [0.1, 0.15) is 10.7 Å². The normalized spacial score (nSPS) is 10.4. The number of pyridine rings is 1. The Kier molecular flexibility index (Phi) is 6.18. The number of anilines is 3. The fourth-order valence-electron chi connectivity index (χ4n) is 2.72. The molecule has 0 aliphatic rings. The predicted molar refractivity (Wildman–Crippen MR) is 113 cm³/mol. The van der Waals surface area contributed by atoms with Gasteiger partial charge in [0.2, 0.25) is 5.75 Å². The summed E-state index contributed by atoms with van der Waals surface area (Å²) in [5.41, 5.74) is 2.22. The summed E-state index contributed by atoms with van der Waals surface area (Å²) >= 11 is 1.25. The Balaban J connectivity index is 1.82. The molecule has 0 fully saturated rings. The van der Waals surface area contributed by atoms with Crippen molar-refractivity contribution in [1.82, 2.24) is 9.97 Å². The predicted octanol–water partition coefficient (Wildman–Crippen LogP) is 4.18. The number of methoxy groups -OCH3 is 3. The first kappa shape index (κ1) is 20.4. The average molecular weight is 414 g/mol. The second kappa shape index (κ2) is 8.78. The number of thiazole rings is 1. The van der Waals surface area contributed by atoms with E-state index in [1.807, 2.05) is 19.1 Å². The van der Waals surface area contributed by atoms with Gasteiger partial charge < -0.3 is 24.8 Å². The molecule has 0 bridgehead atoms. The maximum atomic E-state index is 12.8. The lowest BCUT2D eigenvalue weighted by Gasteiger charge is -2.14. The molecule has 2 aromatic heterocycles. The lowest BCUT2D eigenvalue weighted by atomic mass is 10.2. The summed E-state index contributed by atoms with van der Waals surface area (Å²) in [6, 6.07) is 7.16. The Morgan fingerprint density at radius 3 is 2.31 bits per heavy atom. The summed E-state index contributed by atoms with van der Waals surface area (Å²) < 4.78 is 16.0. The van der Waals surface area contributed by atoms with Crippen molar-refractivity contribution in [2.45, 2.75) is 13.8 Å². The SMILES string of the molecule is COc1cc(NC(=O)c2sc(Nc3cc(C)ccn3)nc2C)cc(OC)c1OC. The number of nitrogens with one attached hydrogen (secondary N) is 2. The molecule has 0 spiro atoms. The first-order valence-corrected chi connectivity index (χ1v) is 9.55. The van der Waals surface area contributed by atoms with Crippen molar-refractivity contribution < 1.29 is 19.0 Å². The van der Waals surface area contributed by atoms with Gasteiger partial charge in [-0.05, 0) is 31.5 Å². The zero-order valence-corrected chi connectivity index (χ0v) is 17.6. The summed E-state index contributed by atoms with van der Waals surface area (Å²) in [7, 11) is 4.57. The van der Waals surface area contributed by atoms with Crippen LogP contribution in [0.5, 0.6) is 17.2 Å². The number of aryl methyl sites for hydroxylation is 2. The molecule has 2 N–H and O–H groups in total. The lowest BCUT2D eigenvalue weighted by Crippen LogP contribution is -2.12. The number of amides is 1. The number of rotatable bonds is 7. The van der Waals surface area contributed by atoms with Crippen molar-refractivity contribution in [3.63, 3.8) is 0 Å². The van der Waals surface area contributed by atoms with Crippen LogP contribution in [0.1, 0.15) is 20.9 Å². The molecule has 0 atom stereocenters. The van der Waals surface area contributed by atoms with Gasteiger partial charge in [-0.25, -0.2) is 9.97 Å². The molecule has 8 nitrogen and oxygen atoms in total. The van der Waals surface area contributed by atoms with Crippen molar-refractivity contribution in [3.05, 3.63) is 46.6 Å². The van der Waals surface area contributed by atoms with Crippen molar-refractivity contribution in [2.75, 3.05) is 32.0 Å². The average Bonchev–Trinajstić information content (AvgIpc) is 3.07. The summed E-state index contributed by atoms with van der Waals surface area (Å²) in [6.07, 6.45) is 1.72. The fourth-order valence-corrected chi connectivity index (χ4v) is 3.58. The second-order valence-corrected chi connectivity index (χ2v) is 7.14. The van der Waals surface area contributed by atoms with Gasteiger partial charge in [-0.15, -0.1) is 0 Å². The van der Waals surface area contributed by atoms with Gasteiger partial charge in [0, 0.05) is 24.0 Å². The Morgan fingerprint density at radius 2 is 1.72 bits per heavy atom. The summed E-state index contributed by atoms with van der Waals surface area (Å²) in [5, 5.41) is 6.59. The van der Waals surface area contributed by atoms with E-state index in [0.717, 1.165) is 5.56 Å². The lowest BCUT2D eigenvalue weighted by molar-refractivity contribution is 0.103. The van der Waals surface area contributed by atoms with Gasteiger partial charge >= 0.3 is 0 Å². The highest BCUT2D eigenvalue weighted by atomic mass is 32.1. The van der Waals surface area contributed by atoms with E-state index in [0.29, 0.717) is 44.5 Å². The zero-order valence-electron chi connectivity index (χ0n) is 16.8. The number of hydrogen-bond acceptors (Lipinski definition) is 8. The van der Waals surface area contributed by atoms with Crippen LogP contribution in [0.3, 0.4) is 0 Å². The molecular weight excluding hydrogens is 392 g/mol. The van der Waals surface area contributed by atoms with E-state index in [2.05, 4.69) is 20.6 Å². The molecular formula is C20H22N4O4S. The number of hydrogen-bond donors (Lipinski definition) is 2. The van der Waals surface area contributed by atoms with E-state index < -0.39 is 0 Å². The molecule has 0 aliphatic heterocycles. The third kappa shape index (κ3) is 4.57. The number of ether oxygens (including phenoxy) is 3. The van der Waals surface area contributed by atoms with Gasteiger partial charge in [0.15, 0.2) is 16.6 Å². The highest BCUT2D eigenvalue weighted by molar-refractivity contribution is 7.17. The van der Waals surface area contributed by atoms with Crippen LogP contribution >= 0.6 is 11.3 Å². The van der Waals surface area contributed by atoms with Crippen LogP contribution < -0.4 is 24.8 Å². The first-order chi connectivity index (χ1) is 13.9. The van der Waals surface area contributed by atoms with Crippen molar-refractivity contribution >= 4 is 33.9 Å². The number of carbonyl (C=O) groups excluding carboxylic acids is 1. The smallest absolute Gasteiger partial charge is 0.267 e. The monoisotopic (exact) mass is 414 g/mol. The highest BCUT2D eigenvalue weighted by Gasteiger charge is 2.19. The number of nitrogens with zero attached hydrogens (tertiary/aromatic N) is 2. The van der Waals surface area contributed by atoms with Gasteiger partial charge in [0.05, 0.1) is 27.0 Å². The minimum Gasteiger partial charge on any atom is -0.493 e. The minimum absolute atomic E-state index is 0.278. The van der Waals surface area contributed by atoms with Gasteiger partial charge in [-0.3, -0.25) is 4.79 Å². The van der Waals surface area contributed by atoms with Gasteiger partial charge in [0.25, 0.3) is 5.91 Å². The molecule has 0 saturated heterocycles. The molecule has 2 heterocycles. The molecule has 3 aromatic rings. The minimum atomic E-state index is -0.278. The molecule has 0 aliphatic carbocycles. The highest BCUT2D eigenvalue weighted by Crippen LogP contribution is 2.40. The molecule has 0 unspecified atom stereocenters. The van der Waals surface area contributed by atoms with Crippen molar-refractivity contribution in [3.8, 4) is 17.2 Å². The zero-order chi connectivity index (χ0) is 21.0. The maximum absolute atomic E-state index is 12.8. The number of benzene rings is 1. The first-order valence-electron chi connectivity index (χ1n) is 8.73. The topological polar surface area (TPSA) is 94.6 Å². The number of aromatic nitrogens is 2. The Hall–Kier alpha value is -3.33. The van der Waals surface area contributed by atoms with Gasteiger partial charge in [-0.2, -0.15) is 0 Å². The van der Waals surface area contributed by atoms with Crippen molar-refractivity contribution in [1.29, 1.82) is 0 Å². The van der Waals surface area contributed by atoms with Crippen LogP contribution in [0.25, 0.3) is 0 Å². The standard InChI is InChI=1S/C20H22N4O4S/c1-11-6-7-21-16(8-11)24-20-22-12(2)18(29-20)19(25)23-13-9-14(26-3)17(28-5)15(10-13)27-4/h6-10H,1-5H3,(H,23,25)(H,21,22,24). The van der Waals surface area contributed by atoms with Crippen LogP contribution in [0.4, 0.5) is 16.6 Å². The van der Waals surface area contributed by atoms with Crippen LogP contribution in [0.2, 0.25) is 0 Å². The summed E-state index contributed by atoms with van der Waals surface area (Å²) in [4.78, 5) is 22.0. The molecule has 3 rings (SSSR count).